The third kappa shape index (κ3) is 2.89. The van der Waals surface area contributed by atoms with E-state index >= 15 is 0 Å². The van der Waals surface area contributed by atoms with Crippen molar-refractivity contribution in [2.75, 3.05) is 0 Å². The first-order valence-electron chi connectivity index (χ1n) is 5.53. The average Bonchev–Trinajstić information content (AvgIpc) is 2.29. The smallest absolute Gasteiger partial charge is 0.122 e. The van der Waals surface area contributed by atoms with Crippen molar-refractivity contribution in [1.29, 1.82) is 0 Å². The molecule has 0 atom stereocenters. The van der Waals surface area contributed by atoms with E-state index in [0.717, 1.165) is 11.1 Å². The van der Waals surface area contributed by atoms with Crippen molar-refractivity contribution in [2.24, 2.45) is 10.2 Å². The first kappa shape index (κ1) is 13.3. The van der Waals surface area contributed by atoms with Crippen molar-refractivity contribution in [3.05, 3.63) is 46.9 Å². The van der Waals surface area contributed by atoms with E-state index in [1.54, 1.807) is 13.8 Å². The van der Waals surface area contributed by atoms with Gasteiger partial charge in [0.15, 0.2) is 0 Å². The molecule has 0 aliphatic carbocycles. The maximum Gasteiger partial charge on any atom is 0.122 e. The normalized spacial score (nSPS) is 11.8. The Hall–Kier alpha value is -1.73. The summed E-state index contributed by atoms with van der Waals surface area (Å²) >= 11 is 0. The molecular weight excluding hydrogens is 212 g/mol. The summed E-state index contributed by atoms with van der Waals surface area (Å²) in [5.41, 5.74) is 0.793. The highest BCUT2D eigenvalue weighted by molar-refractivity contribution is 5.48. The lowest BCUT2D eigenvalue weighted by molar-refractivity contribution is 0.536. The molecule has 0 aliphatic rings. The van der Waals surface area contributed by atoms with Crippen LogP contribution in [0.25, 0.3) is 0 Å². The molecule has 3 nitrogen and oxygen atoms in total. The molecule has 0 saturated carbocycles. The van der Waals surface area contributed by atoms with Gasteiger partial charge < -0.3 is 0 Å². The Morgan fingerprint density at radius 1 is 1.12 bits per heavy atom. The van der Waals surface area contributed by atoms with Crippen molar-refractivity contribution >= 4 is 5.87 Å². The molecule has 1 aromatic rings. The maximum atomic E-state index is 10.8. The van der Waals surface area contributed by atoms with Gasteiger partial charge in [0.2, 0.25) is 0 Å². The Bertz CT molecular complexity index is 469. The SMILES string of the molecule is C=C=NC(C)(C)c1cccc(C(C)(C)N=O)c1. The van der Waals surface area contributed by atoms with Crippen LogP contribution >= 0.6 is 0 Å². The molecule has 0 unspecified atom stereocenters. The molecule has 1 rings (SSSR count). The number of benzene rings is 1. The zero-order valence-electron chi connectivity index (χ0n) is 10.8. The van der Waals surface area contributed by atoms with Crippen molar-refractivity contribution in [1.82, 2.24) is 0 Å². The van der Waals surface area contributed by atoms with Crippen LogP contribution in [0.1, 0.15) is 38.8 Å². The van der Waals surface area contributed by atoms with E-state index in [2.05, 4.69) is 22.6 Å². The van der Waals surface area contributed by atoms with Gasteiger partial charge in [-0.25, -0.2) is 4.99 Å². The second-order valence-electron chi connectivity index (χ2n) is 5.06. The Morgan fingerprint density at radius 3 is 2.12 bits per heavy atom. The van der Waals surface area contributed by atoms with Crippen LogP contribution in [0.5, 0.6) is 0 Å². The van der Waals surface area contributed by atoms with E-state index in [1.165, 1.54) is 0 Å². The number of nitroso groups, excluding NO2 is 1. The second-order valence-corrected chi connectivity index (χ2v) is 5.06. The maximum absolute atomic E-state index is 10.8. The van der Waals surface area contributed by atoms with Gasteiger partial charge in [-0.3, -0.25) is 0 Å². The molecule has 0 spiro atoms. The molecule has 0 amide bonds. The molecule has 90 valence electrons. The summed E-state index contributed by atoms with van der Waals surface area (Å²) in [6.07, 6.45) is 0. The van der Waals surface area contributed by atoms with Gasteiger partial charge in [0.1, 0.15) is 5.54 Å². The Morgan fingerprint density at radius 2 is 1.65 bits per heavy atom. The average molecular weight is 230 g/mol. The lowest BCUT2D eigenvalue weighted by atomic mass is 9.88. The molecule has 17 heavy (non-hydrogen) atoms. The van der Waals surface area contributed by atoms with E-state index in [1.807, 2.05) is 38.1 Å². The largest absolute Gasteiger partial charge is 0.233 e. The fourth-order valence-corrected chi connectivity index (χ4v) is 1.60. The number of hydrogen-bond donors (Lipinski definition) is 0. The summed E-state index contributed by atoms with van der Waals surface area (Å²) in [6.45, 7) is 11.0. The van der Waals surface area contributed by atoms with Gasteiger partial charge in [0, 0.05) is 0 Å². The molecule has 0 heterocycles. The van der Waals surface area contributed by atoms with Crippen LogP contribution in [0, 0.1) is 4.91 Å². The van der Waals surface area contributed by atoms with Gasteiger partial charge in [0.05, 0.1) is 5.54 Å². The predicted molar refractivity (Wildman–Crippen MR) is 71.4 cm³/mol. The highest BCUT2D eigenvalue weighted by Crippen LogP contribution is 2.30. The van der Waals surface area contributed by atoms with Crippen LogP contribution in [0.4, 0.5) is 0 Å². The zero-order chi connectivity index (χ0) is 13.1. The summed E-state index contributed by atoms with van der Waals surface area (Å²) < 4.78 is 0. The minimum Gasteiger partial charge on any atom is -0.233 e. The lowest BCUT2D eigenvalue weighted by Gasteiger charge is -2.22. The van der Waals surface area contributed by atoms with Gasteiger partial charge in [-0.1, -0.05) is 29.4 Å². The van der Waals surface area contributed by atoms with Crippen molar-refractivity contribution in [3.63, 3.8) is 0 Å². The molecule has 0 saturated heterocycles. The van der Waals surface area contributed by atoms with Crippen LogP contribution in [-0.4, -0.2) is 5.87 Å². The fraction of sp³-hybridized carbons (Fsp3) is 0.429. The third-order valence-corrected chi connectivity index (χ3v) is 2.86. The molecule has 0 bridgehead atoms. The van der Waals surface area contributed by atoms with Crippen molar-refractivity contribution in [2.45, 2.75) is 38.8 Å². The predicted octanol–water partition coefficient (Wildman–Crippen LogP) is 3.78. The van der Waals surface area contributed by atoms with Gasteiger partial charge in [-0.05, 0) is 51.3 Å². The molecule has 0 radical (unpaired) electrons. The van der Waals surface area contributed by atoms with Crippen LogP contribution in [0.15, 0.2) is 41.0 Å². The summed E-state index contributed by atoms with van der Waals surface area (Å²) in [4.78, 5) is 15.0. The van der Waals surface area contributed by atoms with Gasteiger partial charge in [0.25, 0.3) is 0 Å². The topological polar surface area (TPSA) is 41.8 Å². The molecule has 0 N–H and O–H groups in total. The van der Waals surface area contributed by atoms with Crippen LogP contribution in [-0.2, 0) is 11.1 Å². The van der Waals surface area contributed by atoms with Crippen LogP contribution < -0.4 is 0 Å². The molecule has 1 aromatic carbocycles. The van der Waals surface area contributed by atoms with Gasteiger partial charge in [-0.2, -0.15) is 0 Å². The summed E-state index contributed by atoms with van der Waals surface area (Å²) in [5, 5.41) is 3.15. The number of hydrogen-bond acceptors (Lipinski definition) is 3. The molecule has 0 aromatic heterocycles. The quantitative estimate of drug-likeness (QED) is 0.573. The lowest BCUT2D eigenvalue weighted by Crippen LogP contribution is -2.17. The fourth-order valence-electron chi connectivity index (χ4n) is 1.60. The van der Waals surface area contributed by atoms with Crippen molar-refractivity contribution in [3.8, 4) is 0 Å². The van der Waals surface area contributed by atoms with Gasteiger partial charge >= 0.3 is 0 Å². The minimum atomic E-state index is -0.718. The number of nitrogens with zero attached hydrogens (tertiary/aromatic N) is 2. The standard InChI is InChI=1S/C14H18N2O/c1-6-15-13(2,3)11-8-7-9-12(10-11)14(4,5)16-17/h7-10H,1H2,2-5H3. The Labute approximate surface area is 102 Å². The number of aliphatic imine (C=N–C) groups is 1. The van der Waals surface area contributed by atoms with E-state index in [9.17, 15) is 4.91 Å². The molecule has 0 fully saturated rings. The van der Waals surface area contributed by atoms with Crippen LogP contribution in [0.3, 0.4) is 0 Å². The number of rotatable bonds is 4. The highest BCUT2D eigenvalue weighted by atomic mass is 16.3. The second kappa shape index (κ2) is 4.64. The summed E-state index contributed by atoms with van der Waals surface area (Å²) in [7, 11) is 0. The molecule has 0 aliphatic heterocycles. The zero-order valence-corrected chi connectivity index (χ0v) is 10.8. The molecular formula is C14H18N2O. The van der Waals surface area contributed by atoms with E-state index in [0.29, 0.717) is 0 Å². The van der Waals surface area contributed by atoms with E-state index in [-0.39, 0.29) is 0 Å². The summed E-state index contributed by atoms with van der Waals surface area (Å²) in [6, 6.07) is 7.75. The van der Waals surface area contributed by atoms with Crippen molar-refractivity contribution < 1.29 is 0 Å². The van der Waals surface area contributed by atoms with E-state index < -0.39 is 11.1 Å². The minimum absolute atomic E-state index is 0.392. The van der Waals surface area contributed by atoms with E-state index in [4.69, 9.17) is 0 Å². The third-order valence-electron chi connectivity index (χ3n) is 2.86. The Balaban J connectivity index is 3.27. The molecule has 3 heteroatoms. The summed E-state index contributed by atoms with van der Waals surface area (Å²) in [5.74, 6) is 2.57. The van der Waals surface area contributed by atoms with Crippen LogP contribution in [0.2, 0.25) is 0 Å². The first-order valence-corrected chi connectivity index (χ1v) is 5.53. The highest BCUT2D eigenvalue weighted by Gasteiger charge is 2.25. The Kier molecular flexibility index (Phi) is 3.64. The first-order chi connectivity index (χ1) is 7.83. The van der Waals surface area contributed by atoms with Gasteiger partial charge in [-0.15, -0.1) is 4.91 Å². The monoisotopic (exact) mass is 230 g/mol.